The number of oxime groups is 1. The van der Waals surface area contributed by atoms with Gasteiger partial charge in [0, 0.05) is 28.9 Å². The zero-order valence-corrected chi connectivity index (χ0v) is 21.4. The molecule has 37 heavy (non-hydrogen) atoms. The minimum absolute atomic E-state index is 0.0480. The molecular formula is C19H20N7O8S3+. The van der Waals surface area contributed by atoms with E-state index in [-0.39, 0.29) is 46.2 Å². The molecule has 1 unspecified atom stereocenters. The van der Waals surface area contributed by atoms with Crippen molar-refractivity contribution in [3.05, 3.63) is 41.6 Å². The van der Waals surface area contributed by atoms with Crippen LogP contribution in [0.25, 0.3) is 0 Å². The zero-order chi connectivity index (χ0) is 26.9. The highest BCUT2D eigenvalue weighted by molar-refractivity contribution is 8.00. The molecule has 0 bridgehead atoms. The van der Waals surface area contributed by atoms with Crippen molar-refractivity contribution in [1.29, 1.82) is 0 Å². The Balaban J connectivity index is 1.55. The Kier molecular flexibility index (Phi) is 7.44. The van der Waals surface area contributed by atoms with Crippen molar-refractivity contribution in [1.82, 2.24) is 19.6 Å². The van der Waals surface area contributed by atoms with Crippen molar-refractivity contribution in [3.63, 3.8) is 0 Å². The van der Waals surface area contributed by atoms with E-state index in [1.54, 1.807) is 6.92 Å². The van der Waals surface area contributed by atoms with Gasteiger partial charge in [-0.3, -0.25) is 19.0 Å². The van der Waals surface area contributed by atoms with Crippen LogP contribution in [0.3, 0.4) is 0 Å². The van der Waals surface area contributed by atoms with Crippen LogP contribution in [0.2, 0.25) is 0 Å². The summed E-state index contributed by atoms with van der Waals surface area (Å²) in [5, 5.41) is 15.5. The molecule has 1 saturated heterocycles. The zero-order valence-electron chi connectivity index (χ0n) is 19.0. The Bertz CT molecular complexity index is 1440. The fourth-order valence-corrected chi connectivity index (χ4v) is 5.92. The van der Waals surface area contributed by atoms with Gasteiger partial charge in [0.25, 0.3) is 21.9 Å². The lowest BCUT2D eigenvalue weighted by Crippen LogP contribution is -2.71. The Hall–Kier alpha value is -3.61. The molecule has 5 N–H and O–H groups in total. The van der Waals surface area contributed by atoms with Crippen molar-refractivity contribution in [3.8, 4) is 0 Å². The predicted molar refractivity (Wildman–Crippen MR) is 129 cm³/mol. The van der Waals surface area contributed by atoms with Crippen molar-refractivity contribution >= 4 is 62.0 Å². The molecule has 0 aliphatic carbocycles. The molecule has 15 nitrogen and oxygen atoms in total. The third kappa shape index (κ3) is 5.41. The maximum atomic E-state index is 13.0. The highest BCUT2D eigenvalue weighted by Gasteiger charge is 2.55. The first-order valence-electron chi connectivity index (χ1n) is 10.5. The van der Waals surface area contributed by atoms with Crippen LogP contribution < -0.4 is 15.6 Å². The molecule has 2 aromatic heterocycles. The summed E-state index contributed by atoms with van der Waals surface area (Å²) in [6.07, 6.45) is 2.65. The number of nitrogens with two attached hydrogens (primary N) is 1. The van der Waals surface area contributed by atoms with Gasteiger partial charge in [-0.15, -0.1) is 11.8 Å². The average Bonchev–Trinajstić information content (AvgIpc) is 3.27. The molecule has 0 saturated carbocycles. The topological polar surface area (TPSA) is 218 Å². The number of hydrogen-bond acceptors (Lipinski definition) is 12. The minimum atomic E-state index is -4.46. The third-order valence-electron chi connectivity index (χ3n) is 5.19. The van der Waals surface area contributed by atoms with E-state index in [2.05, 4.69) is 19.8 Å². The molecule has 18 heteroatoms. The second kappa shape index (κ2) is 10.4. The van der Waals surface area contributed by atoms with Gasteiger partial charge >= 0.3 is 5.97 Å². The number of rotatable bonds is 9. The fraction of sp³-hybridized carbons (Fsp3) is 0.316. The largest absolute Gasteiger partial charge is 0.477 e. The predicted octanol–water partition coefficient (Wildman–Crippen LogP) is -1.17. The Morgan fingerprint density at radius 1 is 1.43 bits per heavy atom. The lowest BCUT2D eigenvalue weighted by atomic mass is 10.0. The summed E-state index contributed by atoms with van der Waals surface area (Å²) in [4.78, 5) is 47.6. The number of thioether (sulfide) groups is 1. The normalized spacial score (nSPS) is 19.8. The average molecular weight is 571 g/mol. The summed E-state index contributed by atoms with van der Waals surface area (Å²) < 4.78 is 37.5. The standard InChI is InChI=1S/C19H19N7O8S3/c1-2-34-23-11(14-22-19(20)36-24-14)15(27)21-12-16(28)26-13(18(29)30)9(8-35-17(12)26)6-25-5-3-4-10(7-25)37(31,32)33/h3-5,7,12,17H,2,6,8H2,1H3,(H4-,20,21,22,24,27,29,30,31,32,33)/p+1/t12?,17-/m0/s1. The monoisotopic (exact) mass is 570 g/mol. The molecule has 2 atom stereocenters. The van der Waals surface area contributed by atoms with Gasteiger partial charge in [-0.25, -0.2) is 4.79 Å². The fourth-order valence-electron chi connectivity index (χ4n) is 3.63. The van der Waals surface area contributed by atoms with E-state index in [9.17, 15) is 32.5 Å². The first-order valence-corrected chi connectivity index (χ1v) is 13.7. The maximum absolute atomic E-state index is 13.0. The summed E-state index contributed by atoms with van der Waals surface area (Å²) in [7, 11) is -4.46. The minimum Gasteiger partial charge on any atom is -0.477 e. The SMILES string of the molecule is CCON=C(C(=O)NC1C(=O)N2C(C(=O)O)=C(C[n+]3cccc(S(=O)(=O)O)c3)CS[C@@H]12)c1nsc(N)n1. The number of carbonyl (C=O) groups is 3. The molecule has 2 aromatic rings. The molecule has 4 rings (SSSR count). The molecule has 0 aromatic carbocycles. The van der Waals surface area contributed by atoms with Gasteiger partial charge in [-0.1, -0.05) is 5.16 Å². The van der Waals surface area contributed by atoms with E-state index in [1.807, 2.05) is 0 Å². The van der Waals surface area contributed by atoms with Crippen LogP contribution in [-0.4, -0.2) is 79.6 Å². The number of fused-ring (bicyclic) bond motifs is 1. The number of anilines is 1. The van der Waals surface area contributed by atoms with E-state index in [0.29, 0.717) is 5.57 Å². The first-order chi connectivity index (χ1) is 17.5. The van der Waals surface area contributed by atoms with Crippen LogP contribution >= 0.6 is 23.3 Å². The quantitative estimate of drug-likeness (QED) is 0.0922. The highest BCUT2D eigenvalue weighted by atomic mass is 32.2. The second-order valence-corrected chi connectivity index (χ2v) is 10.9. The van der Waals surface area contributed by atoms with E-state index in [0.717, 1.165) is 22.6 Å². The van der Waals surface area contributed by atoms with Crippen LogP contribution in [-0.2, 0) is 35.9 Å². The van der Waals surface area contributed by atoms with Crippen molar-refractivity contribution in [2.75, 3.05) is 18.1 Å². The number of nitrogens with zero attached hydrogens (tertiary/aromatic N) is 5. The van der Waals surface area contributed by atoms with Crippen LogP contribution in [0.1, 0.15) is 12.7 Å². The molecule has 1 fully saturated rings. The Morgan fingerprint density at radius 2 is 2.19 bits per heavy atom. The number of amides is 2. The molecule has 2 aliphatic heterocycles. The number of carboxylic acid groups (broad SMARTS) is 1. The molecule has 4 heterocycles. The van der Waals surface area contributed by atoms with Gasteiger partial charge in [0.15, 0.2) is 29.0 Å². The van der Waals surface area contributed by atoms with Gasteiger partial charge in [0.1, 0.15) is 23.7 Å². The van der Waals surface area contributed by atoms with Gasteiger partial charge in [0.2, 0.25) is 11.5 Å². The van der Waals surface area contributed by atoms with E-state index in [1.165, 1.54) is 34.7 Å². The number of β-lactam (4-membered cyclic amide) rings is 1. The van der Waals surface area contributed by atoms with E-state index < -0.39 is 39.3 Å². The van der Waals surface area contributed by atoms with Crippen LogP contribution in [0, 0.1) is 0 Å². The smallest absolute Gasteiger partial charge is 0.352 e. The van der Waals surface area contributed by atoms with Crippen LogP contribution in [0.4, 0.5) is 5.13 Å². The number of aliphatic carboxylic acids is 1. The Labute approximate surface area is 217 Å². The number of hydrogen-bond donors (Lipinski definition) is 4. The molecule has 2 aliphatic rings. The van der Waals surface area contributed by atoms with E-state index in [4.69, 9.17) is 10.6 Å². The number of carbonyl (C=O) groups excluding carboxylic acids is 2. The van der Waals surface area contributed by atoms with E-state index >= 15 is 0 Å². The summed E-state index contributed by atoms with van der Waals surface area (Å²) in [6.45, 7) is 1.77. The van der Waals surface area contributed by atoms with Gasteiger partial charge < -0.3 is 21.0 Å². The second-order valence-electron chi connectivity index (χ2n) is 7.62. The molecular weight excluding hydrogens is 550 g/mol. The van der Waals surface area contributed by atoms with Gasteiger partial charge in [-0.05, 0) is 13.0 Å². The molecule has 2 amide bonds. The summed E-state index contributed by atoms with van der Waals surface area (Å²) in [6, 6.07) is 1.52. The lowest BCUT2D eigenvalue weighted by molar-refractivity contribution is -0.690. The van der Waals surface area contributed by atoms with Gasteiger partial charge in [-0.2, -0.15) is 22.3 Å². The van der Waals surface area contributed by atoms with Gasteiger partial charge in [0.05, 0.1) is 0 Å². The summed E-state index contributed by atoms with van der Waals surface area (Å²) >= 11 is 2.07. The summed E-state index contributed by atoms with van der Waals surface area (Å²) in [5.74, 6) is -2.71. The Morgan fingerprint density at radius 3 is 2.81 bits per heavy atom. The molecule has 0 radical (unpaired) electrons. The maximum Gasteiger partial charge on any atom is 0.352 e. The van der Waals surface area contributed by atoms with Crippen molar-refractivity contribution in [2.24, 2.45) is 5.16 Å². The third-order valence-corrected chi connectivity index (χ3v) is 7.91. The molecule has 0 spiro atoms. The number of nitrogen functional groups attached to an aromatic ring is 1. The van der Waals surface area contributed by atoms with Crippen LogP contribution in [0.5, 0.6) is 0 Å². The number of aromatic nitrogens is 3. The highest BCUT2D eigenvalue weighted by Crippen LogP contribution is 2.40. The number of pyridine rings is 1. The van der Waals surface area contributed by atoms with Crippen LogP contribution in [0.15, 0.2) is 45.8 Å². The molecule has 196 valence electrons. The van der Waals surface area contributed by atoms with Crippen molar-refractivity contribution in [2.45, 2.75) is 29.8 Å². The summed E-state index contributed by atoms with van der Waals surface area (Å²) in [5.41, 5.74) is 5.37. The first kappa shape index (κ1) is 26.5. The lowest BCUT2D eigenvalue weighted by Gasteiger charge is -2.49. The number of nitrogens with one attached hydrogen (secondary N) is 1. The number of carboxylic acids is 1. The van der Waals surface area contributed by atoms with Crippen molar-refractivity contribution < 1.29 is 41.9 Å².